The number of methoxy groups -OCH3 is 1. The second-order valence-electron chi connectivity index (χ2n) is 5.77. The quantitative estimate of drug-likeness (QED) is 0.409. The third-order valence-corrected chi connectivity index (χ3v) is 4.83. The van der Waals surface area contributed by atoms with Crippen LogP contribution in [0.4, 0.5) is 5.69 Å². The Labute approximate surface area is 180 Å². The Morgan fingerprint density at radius 1 is 1.28 bits per heavy atom. The standard InChI is InChI=1S/C20H14BrN3O4S/c1-27-16-11-12(10-15(21)17(16)28-8-7-22)9-14-18(25)23-20(29)24(19(14)26)13-5-3-2-4-6-13/h2-6,9-11H,8H2,1H3,(H,23,25,29)/b14-9+. The summed E-state index contributed by atoms with van der Waals surface area (Å²) in [6.07, 6.45) is 1.44. The smallest absolute Gasteiger partial charge is 0.270 e. The number of nitriles is 1. The first kappa shape index (κ1) is 20.5. The molecule has 2 amide bonds. The minimum Gasteiger partial charge on any atom is -0.493 e. The van der Waals surface area contributed by atoms with Gasteiger partial charge in [-0.3, -0.25) is 19.8 Å². The molecule has 3 rings (SSSR count). The van der Waals surface area contributed by atoms with Crippen LogP contribution in [0.5, 0.6) is 11.5 Å². The molecule has 0 spiro atoms. The highest BCUT2D eigenvalue weighted by Crippen LogP contribution is 2.37. The zero-order chi connectivity index (χ0) is 21.0. The van der Waals surface area contributed by atoms with Crippen LogP contribution in [-0.2, 0) is 9.59 Å². The monoisotopic (exact) mass is 471 g/mol. The maximum atomic E-state index is 13.0. The van der Waals surface area contributed by atoms with Crippen molar-refractivity contribution in [1.82, 2.24) is 5.32 Å². The number of carbonyl (C=O) groups is 2. The minimum absolute atomic E-state index is 0.0161. The summed E-state index contributed by atoms with van der Waals surface area (Å²) in [6, 6.07) is 13.9. The highest BCUT2D eigenvalue weighted by atomic mass is 79.9. The second-order valence-corrected chi connectivity index (χ2v) is 7.02. The molecule has 7 nitrogen and oxygen atoms in total. The summed E-state index contributed by atoms with van der Waals surface area (Å²) < 4.78 is 11.2. The van der Waals surface area contributed by atoms with Gasteiger partial charge in [-0.1, -0.05) is 18.2 Å². The highest BCUT2D eigenvalue weighted by Gasteiger charge is 2.34. The number of amides is 2. The van der Waals surface area contributed by atoms with Crippen molar-refractivity contribution in [2.75, 3.05) is 18.6 Å². The number of nitrogens with zero attached hydrogens (tertiary/aromatic N) is 2. The fourth-order valence-corrected chi connectivity index (χ4v) is 3.56. The molecule has 2 aromatic carbocycles. The number of nitrogens with one attached hydrogen (secondary N) is 1. The zero-order valence-corrected chi connectivity index (χ0v) is 17.5. The van der Waals surface area contributed by atoms with E-state index >= 15 is 0 Å². The van der Waals surface area contributed by atoms with Gasteiger partial charge in [-0.15, -0.1) is 0 Å². The van der Waals surface area contributed by atoms with Crippen LogP contribution in [-0.4, -0.2) is 30.6 Å². The van der Waals surface area contributed by atoms with E-state index in [-0.39, 0.29) is 17.3 Å². The number of ether oxygens (including phenoxy) is 2. The molecule has 0 aromatic heterocycles. The van der Waals surface area contributed by atoms with E-state index in [9.17, 15) is 9.59 Å². The van der Waals surface area contributed by atoms with Crippen molar-refractivity contribution in [2.45, 2.75) is 0 Å². The van der Waals surface area contributed by atoms with Gasteiger partial charge in [-0.2, -0.15) is 5.26 Å². The third kappa shape index (κ3) is 4.29. The van der Waals surface area contributed by atoms with E-state index in [1.54, 1.807) is 36.4 Å². The van der Waals surface area contributed by atoms with Gasteiger partial charge in [-0.05, 0) is 64.1 Å². The molecular weight excluding hydrogens is 458 g/mol. The lowest BCUT2D eigenvalue weighted by Crippen LogP contribution is -2.54. The van der Waals surface area contributed by atoms with E-state index in [1.165, 1.54) is 18.1 Å². The highest BCUT2D eigenvalue weighted by molar-refractivity contribution is 9.10. The Hall–Kier alpha value is -3.22. The van der Waals surface area contributed by atoms with Crippen molar-refractivity contribution in [3.05, 3.63) is 58.1 Å². The second kappa shape index (κ2) is 8.86. The summed E-state index contributed by atoms with van der Waals surface area (Å²) in [5, 5.41) is 11.3. The molecule has 1 saturated heterocycles. The first-order valence-corrected chi connectivity index (χ1v) is 9.50. The fourth-order valence-electron chi connectivity index (χ4n) is 2.70. The Bertz CT molecular complexity index is 1060. The molecular formula is C20H14BrN3O4S. The van der Waals surface area contributed by atoms with Gasteiger partial charge in [0.05, 0.1) is 17.3 Å². The van der Waals surface area contributed by atoms with Gasteiger partial charge in [0.25, 0.3) is 11.8 Å². The van der Waals surface area contributed by atoms with Crippen LogP contribution >= 0.6 is 28.1 Å². The molecule has 1 aliphatic rings. The average Bonchev–Trinajstić information content (AvgIpc) is 2.70. The number of hydrogen-bond donors (Lipinski definition) is 1. The number of thiocarbonyl (C=S) groups is 1. The summed E-state index contributed by atoms with van der Waals surface area (Å²) in [5.74, 6) is -0.430. The van der Waals surface area contributed by atoms with Crippen molar-refractivity contribution >= 4 is 56.8 Å². The van der Waals surface area contributed by atoms with E-state index < -0.39 is 11.8 Å². The van der Waals surface area contributed by atoms with Crippen LogP contribution in [0, 0.1) is 11.3 Å². The van der Waals surface area contributed by atoms with E-state index in [1.807, 2.05) is 12.1 Å². The van der Waals surface area contributed by atoms with Gasteiger partial charge >= 0.3 is 0 Å². The molecule has 1 N–H and O–H groups in total. The predicted octanol–water partition coefficient (Wildman–Crippen LogP) is 3.19. The lowest BCUT2D eigenvalue weighted by atomic mass is 10.1. The number of rotatable bonds is 5. The molecule has 1 aliphatic heterocycles. The molecule has 29 heavy (non-hydrogen) atoms. The predicted molar refractivity (Wildman–Crippen MR) is 114 cm³/mol. The zero-order valence-electron chi connectivity index (χ0n) is 15.1. The van der Waals surface area contributed by atoms with Crippen LogP contribution in [0.1, 0.15) is 5.56 Å². The Balaban J connectivity index is 2.01. The number of halogens is 1. The van der Waals surface area contributed by atoms with Gasteiger partial charge in [0.15, 0.2) is 23.2 Å². The average molecular weight is 472 g/mol. The van der Waals surface area contributed by atoms with Crippen molar-refractivity contribution in [2.24, 2.45) is 0 Å². The van der Waals surface area contributed by atoms with Gasteiger partial charge in [0.1, 0.15) is 11.6 Å². The summed E-state index contributed by atoms with van der Waals surface area (Å²) in [4.78, 5) is 26.7. The normalized spacial score (nSPS) is 15.1. The molecule has 1 heterocycles. The van der Waals surface area contributed by atoms with Crippen LogP contribution < -0.4 is 19.7 Å². The number of carbonyl (C=O) groups excluding carboxylic acids is 2. The lowest BCUT2D eigenvalue weighted by Gasteiger charge is -2.28. The van der Waals surface area contributed by atoms with Crippen molar-refractivity contribution in [3.8, 4) is 17.6 Å². The molecule has 0 unspecified atom stereocenters. The Morgan fingerprint density at radius 2 is 2.00 bits per heavy atom. The first-order chi connectivity index (χ1) is 14.0. The van der Waals surface area contributed by atoms with E-state index in [0.717, 1.165) is 0 Å². The van der Waals surface area contributed by atoms with Gasteiger partial charge in [0.2, 0.25) is 0 Å². The summed E-state index contributed by atoms with van der Waals surface area (Å²) in [5.41, 5.74) is 0.992. The van der Waals surface area contributed by atoms with Crippen LogP contribution in [0.2, 0.25) is 0 Å². The lowest BCUT2D eigenvalue weighted by molar-refractivity contribution is -0.122. The number of para-hydroxylation sites is 1. The molecule has 0 bridgehead atoms. The topological polar surface area (TPSA) is 91.7 Å². The van der Waals surface area contributed by atoms with Crippen LogP contribution in [0.25, 0.3) is 6.08 Å². The Kier molecular flexibility index (Phi) is 6.26. The molecule has 0 radical (unpaired) electrons. The largest absolute Gasteiger partial charge is 0.493 e. The molecule has 0 aliphatic carbocycles. The molecule has 0 saturated carbocycles. The van der Waals surface area contributed by atoms with Gasteiger partial charge in [0, 0.05) is 0 Å². The number of anilines is 1. The van der Waals surface area contributed by atoms with Gasteiger partial charge in [-0.25, -0.2) is 0 Å². The third-order valence-electron chi connectivity index (χ3n) is 3.96. The van der Waals surface area contributed by atoms with E-state index in [2.05, 4.69) is 21.2 Å². The Morgan fingerprint density at radius 3 is 2.66 bits per heavy atom. The van der Waals surface area contributed by atoms with E-state index in [0.29, 0.717) is 27.2 Å². The van der Waals surface area contributed by atoms with Crippen LogP contribution in [0.3, 0.4) is 0 Å². The molecule has 2 aromatic rings. The van der Waals surface area contributed by atoms with Crippen molar-refractivity contribution < 1.29 is 19.1 Å². The fraction of sp³-hybridized carbons (Fsp3) is 0.100. The number of benzene rings is 2. The maximum Gasteiger partial charge on any atom is 0.270 e. The van der Waals surface area contributed by atoms with Gasteiger partial charge < -0.3 is 9.47 Å². The number of hydrogen-bond acceptors (Lipinski definition) is 6. The maximum absolute atomic E-state index is 13.0. The molecule has 1 fully saturated rings. The minimum atomic E-state index is -0.591. The SMILES string of the molecule is COc1cc(/C=C2\C(=O)NC(=S)N(c3ccccc3)C2=O)cc(Br)c1OCC#N. The first-order valence-electron chi connectivity index (χ1n) is 8.30. The summed E-state index contributed by atoms with van der Waals surface area (Å²) in [7, 11) is 1.45. The van der Waals surface area contributed by atoms with Crippen LogP contribution in [0.15, 0.2) is 52.5 Å². The summed E-state index contributed by atoms with van der Waals surface area (Å²) in [6.45, 7) is -0.153. The molecule has 146 valence electrons. The summed E-state index contributed by atoms with van der Waals surface area (Å²) >= 11 is 8.54. The molecule has 0 atom stereocenters. The molecule has 9 heteroatoms. The van der Waals surface area contributed by atoms with E-state index in [4.69, 9.17) is 27.0 Å². The van der Waals surface area contributed by atoms with Crippen molar-refractivity contribution in [1.29, 1.82) is 5.26 Å². The van der Waals surface area contributed by atoms with Crippen molar-refractivity contribution in [3.63, 3.8) is 0 Å².